The highest BCUT2D eigenvalue weighted by Gasteiger charge is 2.18. The monoisotopic (exact) mass is 241 g/mol. The van der Waals surface area contributed by atoms with Gasteiger partial charge in [-0.15, -0.1) is 0 Å². The van der Waals surface area contributed by atoms with Gasteiger partial charge in [0.1, 0.15) is 5.69 Å². The molecule has 0 aliphatic heterocycles. The normalized spacial score (nSPS) is 17.8. The summed E-state index contributed by atoms with van der Waals surface area (Å²) in [6.07, 6.45) is 2.06. The molecule has 0 aliphatic rings. The zero-order valence-corrected chi connectivity index (χ0v) is 8.76. The van der Waals surface area contributed by atoms with Crippen LogP contribution in [0.2, 0.25) is 0 Å². The molecule has 0 aromatic carbocycles. The number of rotatable bonds is 3. The van der Waals surface area contributed by atoms with Crippen molar-refractivity contribution in [1.82, 2.24) is 14.8 Å². The van der Waals surface area contributed by atoms with Gasteiger partial charge in [0.15, 0.2) is 5.82 Å². The summed E-state index contributed by atoms with van der Waals surface area (Å²) in [6, 6.07) is 0.945. The molecule has 0 unspecified atom stereocenters. The lowest BCUT2D eigenvalue weighted by Crippen LogP contribution is -2.07. The fourth-order valence-corrected chi connectivity index (χ4v) is 1.54. The van der Waals surface area contributed by atoms with Crippen LogP contribution in [0, 0.1) is 5.82 Å². The van der Waals surface area contributed by atoms with E-state index in [1.807, 2.05) is 0 Å². The van der Waals surface area contributed by atoms with Gasteiger partial charge in [0.05, 0.1) is 18.5 Å². The Labute approximate surface area is 107 Å². The van der Waals surface area contributed by atoms with E-state index in [1.165, 1.54) is 18.3 Å². The minimum Gasteiger partial charge on any atom is -0.392 e. The molecule has 0 amide bonds. The van der Waals surface area contributed by atoms with Crippen molar-refractivity contribution < 1.29 is 17.7 Å². The Balaban J connectivity index is 2.72. The third-order valence-electron chi connectivity index (χ3n) is 2.28. The van der Waals surface area contributed by atoms with Crippen molar-refractivity contribution in [2.45, 2.75) is 26.4 Å². The fraction of sp³-hybridized carbons (Fsp3) is 0.333. The summed E-state index contributed by atoms with van der Waals surface area (Å²) in [5.41, 5.74) is -0.210. The summed E-state index contributed by atoms with van der Waals surface area (Å²) < 4.78 is 59.6. The molecule has 1 N–H and O–H groups in total. The molecular weight excluding hydrogens is 221 g/mol. The highest BCUT2D eigenvalue weighted by Crippen LogP contribution is 2.26. The summed E-state index contributed by atoms with van der Waals surface area (Å²) >= 11 is 0. The molecule has 0 aliphatic carbocycles. The van der Waals surface area contributed by atoms with Gasteiger partial charge in [-0.1, -0.05) is 6.07 Å². The van der Waals surface area contributed by atoms with Gasteiger partial charge in [-0.3, -0.25) is 9.67 Å². The number of halogens is 1. The van der Waals surface area contributed by atoms with Crippen LogP contribution in [0.1, 0.15) is 33.5 Å². The standard InChI is InChI=1S/C12H14FN3O/c1-8(2)16-12(10(13)6-15-16)11-9(7-17)4-3-5-14-11/h3-6,8,17H,7H2,1-2H3/i1D3,2D3. The summed E-state index contributed by atoms with van der Waals surface area (Å²) in [6.45, 7) is -6.35. The maximum absolute atomic E-state index is 14.2. The van der Waals surface area contributed by atoms with E-state index in [1.54, 1.807) is 0 Å². The quantitative estimate of drug-likeness (QED) is 0.895. The Morgan fingerprint density at radius 2 is 2.41 bits per heavy atom. The number of aliphatic hydroxyl groups excluding tert-OH is 1. The first-order valence-corrected chi connectivity index (χ1v) is 4.85. The second-order valence-electron chi connectivity index (χ2n) is 3.36. The molecule has 0 radical (unpaired) electrons. The fourth-order valence-electron chi connectivity index (χ4n) is 1.54. The van der Waals surface area contributed by atoms with Crippen LogP contribution in [0.4, 0.5) is 4.39 Å². The zero-order chi connectivity index (χ0) is 17.4. The van der Waals surface area contributed by atoms with Crippen LogP contribution in [0.3, 0.4) is 0 Å². The highest BCUT2D eigenvalue weighted by atomic mass is 19.1. The van der Waals surface area contributed by atoms with Crippen LogP contribution in [0.25, 0.3) is 11.4 Å². The molecule has 2 aromatic heterocycles. The number of pyridine rings is 1. The molecule has 0 saturated carbocycles. The third-order valence-corrected chi connectivity index (χ3v) is 2.28. The number of hydrogen-bond donors (Lipinski definition) is 1. The first-order valence-electron chi connectivity index (χ1n) is 7.85. The molecule has 2 heterocycles. The third kappa shape index (κ3) is 2.06. The van der Waals surface area contributed by atoms with Gasteiger partial charge in [-0.25, -0.2) is 4.39 Å². The molecule has 0 bridgehead atoms. The zero-order valence-electron chi connectivity index (χ0n) is 14.8. The topological polar surface area (TPSA) is 50.9 Å². The van der Waals surface area contributed by atoms with E-state index in [0.717, 1.165) is 6.20 Å². The summed E-state index contributed by atoms with van der Waals surface area (Å²) in [5.74, 6) is -0.920. The Bertz CT molecular complexity index is 683. The average Bonchev–Trinajstić information content (AvgIpc) is 2.76. The van der Waals surface area contributed by atoms with E-state index in [-0.39, 0.29) is 17.0 Å². The van der Waals surface area contributed by atoms with Crippen molar-refractivity contribution in [3.05, 3.63) is 35.9 Å². The Morgan fingerprint density at radius 1 is 1.59 bits per heavy atom. The van der Waals surface area contributed by atoms with Crippen LogP contribution >= 0.6 is 0 Å². The molecule has 17 heavy (non-hydrogen) atoms. The van der Waals surface area contributed by atoms with E-state index in [9.17, 15) is 9.50 Å². The van der Waals surface area contributed by atoms with Crippen LogP contribution in [-0.2, 0) is 6.61 Å². The second-order valence-corrected chi connectivity index (χ2v) is 3.36. The molecule has 0 atom stereocenters. The van der Waals surface area contributed by atoms with Gasteiger partial charge in [0.25, 0.3) is 0 Å². The van der Waals surface area contributed by atoms with Crippen molar-refractivity contribution >= 4 is 0 Å². The van der Waals surface area contributed by atoms with Crippen LogP contribution < -0.4 is 0 Å². The number of aromatic nitrogens is 3. The van der Waals surface area contributed by atoms with Crippen LogP contribution in [0.15, 0.2) is 24.5 Å². The maximum Gasteiger partial charge on any atom is 0.170 e. The van der Waals surface area contributed by atoms with Gasteiger partial charge < -0.3 is 5.11 Å². The van der Waals surface area contributed by atoms with E-state index < -0.39 is 32.2 Å². The number of hydrogen-bond acceptors (Lipinski definition) is 3. The lowest BCUT2D eigenvalue weighted by molar-refractivity contribution is 0.282. The first kappa shape index (κ1) is 6.26. The summed E-state index contributed by atoms with van der Waals surface area (Å²) in [7, 11) is 0. The van der Waals surface area contributed by atoms with Crippen molar-refractivity contribution in [2.75, 3.05) is 0 Å². The van der Waals surface area contributed by atoms with Crippen LogP contribution in [0.5, 0.6) is 0 Å². The summed E-state index contributed by atoms with van der Waals surface area (Å²) in [5, 5.41) is 12.9. The first-order chi connectivity index (χ1) is 10.6. The molecule has 2 aromatic rings. The second kappa shape index (κ2) is 4.63. The van der Waals surface area contributed by atoms with Crippen molar-refractivity contribution in [1.29, 1.82) is 0 Å². The van der Waals surface area contributed by atoms with Crippen LogP contribution in [-0.4, -0.2) is 19.9 Å². The maximum atomic E-state index is 14.2. The van der Waals surface area contributed by atoms with Crippen molar-refractivity contribution in [2.24, 2.45) is 0 Å². The van der Waals surface area contributed by atoms with Gasteiger partial charge in [-0.2, -0.15) is 5.10 Å². The number of nitrogens with zero attached hydrogens (tertiary/aromatic N) is 3. The highest BCUT2D eigenvalue weighted by molar-refractivity contribution is 5.59. The number of aliphatic hydroxyl groups is 1. The predicted octanol–water partition coefficient (Wildman–Crippen LogP) is 2.16. The van der Waals surface area contributed by atoms with E-state index in [4.69, 9.17) is 8.22 Å². The average molecular weight is 241 g/mol. The molecule has 90 valence electrons. The molecule has 0 fully saturated rings. The van der Waals surface area contributed by atoms with Gasteiger partial charge >= 0.3 is 0 Å². The smallest absolute Gasteiger partial charge is 0.170 e. The van der Waals surface area contributed by atoms with E-state index in [0.29, 0.717) is 4.68 Å². The Morgan fingerprint density at radius 3 is 3.12 bits per heavy atom. The Hall–Kier alpha value is -1.75. The van der Waals surface area contributed by atoms with Crippen molar-refractivity contribution in [3.63, 3.8) is 0 Å². The molecule has 5 heteroatoms. The molecule has 0 spiro atoms. The lowest BCUT2D eigenvalue weighted by atomic mass is 10.1. The SMILES string of the molecule is [2H]C([2H])([2H])C(n1ncc(F)c1-c1ncccc1CO)C([2H])([2H])[2H]. The Kier molecular flexibility index (Phi) is 1.70. The minimum atomic E-state index is -2.94. The van der Waals surface area contributed by atoms with E-state index in [2.05, 4.69) is 10.1 Å². The molecule has 4 nitrogen and oxygen atoms in total. The van der Waals surface area contributed by atoms with Gasteiger partial charge in [0, 0.05) is 26.0 Å². The molecule has 0 saturated heterocycles. The molecular formula is C12H14FN3O. The largest absolute Gasteiger partial charge is 0.392 e. The van der Waals surface area contributed by atoms with Gasteiger partial charge in [-0.05, 0) is 19.8 Å². The van der Waals surface area contributed by atoms with Crippen molar-refractivity contribution in [3.8, 4) is 11.4 Å². The lowest BCUT2D eigenvalue weighted by Gasteiger charge is -2.12. The summed E-state index contributed by atoms with van der Waals surface area (Å²) in [4.78, 5) is 3.93. The molecule has 2 rings (SSSR count). The predicted molar refractivity (Wildman–Crippen MR) is 61.7 cm³/mol. The van der Waals surface area contributed by atoms with Gasteiger partial charge in [0.2, 0.25) is 0 Å². The minimum absolute atomic E-state index is 0.0523. The van der Waals surface area contributed by atoms with E-state index >= 15 is 0 Å².